The van der Waals surface area contributed by atoms with E-state index in [9.17, 15) is 4.79 Å². The van der Waals surface area contributed by atoms with Crippen molar-refractivity contribution in [1.29, 1.82) is 0 Å². The third kappa shape index (κ3) is 4.84. The van der Waals surface area contributed by atoms with Crippen molar-refractivity contribution in [3.05, 3.63) is 24.3 Å². The van der Waals surface area contributed by atoms with Crippen LogP contribution in [-0.4, -0.2) is 41.1 Å². The lowest BCUT2D eigenvalue weighted by Gasteiger charge is -2.23. The predicted octanol–water partition coefficient (Wildman–Crippen LogP) is 3.83. The van der Waals surface area contributed by atoms with Crippen molar-refractivity contribution >= 4 is 23.5 Å². The summed E-state index contributed by atoms with van der Waals surface area (Å²) >= 11 is 1.96. The number of rotatable bonds is 3. The fourth-order valence-corrected chi connectivity index (χ4v) is 3.86. The molecule has 116 valence electrons. The number of methoxy groups -OCH3 is 1. The summed E-state index contributed by atoms with van der Waals surface area (Å²) in [4.78, 5) is 14.2. The minimum Gasteiger partial charge on any atom is -0.497 e. The Morgan fingerprint density at radius 3 is 2.57 bits per heavy atom. The Balaban J connectivity index is 1.86. The fourth-order valence-electron chi connectivity index (χ4n) is 2.39. The first-order valence-corrected chi connectivity index (χ1v) is 8.13. The number of thioether (sulfide) groups is 1. The Bertz CT molecular complexity index is 482. The number of ether oxygens (including phenoxy) is 1. The van der Waals surface area contributed by atoms with Crippen molar-refractivity contribution in [3.63, 3.8) is 0 Å². The Hall–Kier alpha value is -1.36. The zero-order valence-corrected chi connectivity index (χ0v) is 14.0. The largest absolute Gasteiger partial charge is 0.497 e. The summed E-state index contributed by atoms with van der Waals surface area (Å²) in [6, 6.07) is 7.38. The van der Waals surface area contributed by atoms with Crippen LogP contribution in [0, 0.1) is 0 Å². The molecule has 1 fully saturated rings. The molecule has 0 saturated carbocycles. The second-order valence-corrected chi connectivity index (χ2v) is 8.37. The highest BCUT2D eigenvalue weighted by Gasteiger charge is 2.29. The lowest BCUT2D eigenvalue weighted by molar-refractivity contribution is 0.222. The first kappa shape index (κ1) is 16.0. The van der Waals surface area contributed by atoms with Gasteiger partial charge in [-0.05, 0) is 30.7 Å². The normalized spacial score (nSPS) is 18.7. The molecule has 0 aliphatic carbocycles. The third-order valence-electron chi connectivity index (χ3n) is 3.29. The third-order valence-corrected chi connectivity index (χ3v) is 4.72. The van der Waals surface area contributed by atoms with Crippen molar-refractivity contribution in [2.24, 2.45) is 0 Å². The van der Waals surface area contributed by atoms with Crippen molar-refractivity contribution in [1.82, 2.24) is 4.90 Å². The monoisotopic (exact) mass is 308 g/mol. The minimum atomic E-state index is -0.0165. The van der Waals surface area contributed by atoms with Crippen molar-refractivity contribution in [2.45, 2.75) is 37.2 Å². The maximum Gasteiger partial charge on any atom is 0.321 e. The van der Waals surface area contributed by atoms with Crippen LogP contribution in [0.3, 0.4) is 0 Å². The van der Waals surface area contributed by atoms with Gasteiger partial charge in [-0.15, -0.1) is 0 Å². The van der Waals surface area contributed by atoms with Gasteiger partial charge in [-0.2, -0.15) is 11.8 Å². The molecular weight excluding hydrogens is 284 g/mol. The van der Waals surface area contributed by atoms with Crippen LogP contribution in [-0.2, 0) is 0 Å². The molecule has 21 heavy (non-hydrogen) atoms. The van der Waals surface area contributed by atoms with Gasteiger partial charge in [0.15, 0.2) is 0 Å². The van der Waals surface area contributed by atoms with Gasteiger partial charge < -0.3 is 15.0 Å². The highest BCUT2D eigenvalue weighted by molar-refractivity contribution is 8.01. The molecule has 1 saturated heterocycles. The first-order chi connectivity index (χ1) is 9.87. The zero-order valence-electron chi connectivity index (χ0n) is 13.2. The number of nitrogens with zero attached hydrogens (tertiary/aromatic N) is 1. The van der Waals surface area contributed by atoms with E-state index in [-0.39, 0.29) is 10.8 Å². The van der Waals surface area contributed by atoms with Gasteiger partial charge in [0, 0.05) is 28.8 Å². The molecule has 0 bridgehead atoms. The first-order valence-electron chi connectivity index (χ1n) is 7.25. The number of hydrogen-bond acceptors (Lipinski definition) is 3. The lowest BCUT2D eigenvalue weighted by atomic mass is 10.3. The number of carbonyl (C=O) groups excluding carboxylic acids is 1. The Kier molecular flexibility index (Phi) is 5.04. The van der Waals surface area contributed by atoms with Crippen LogP contribution >= 0.6 is 11.8 Å². The van der Waals surface area contributed by atoms with Crippen LogP contribution in [0.5, 0.6) is 5.75 Å². The Morgan fingerprint density at radius 2 is 2.00 bits per heavy atom. The van der Waals surface area contributed by atoms with Gasteiger partial charge in [0.05, 0.1) is 7.11 Å². The molecule has 4 nitrogen and oxygen atoms in total. The molecule has 2 rings (SSSR count). The van der Waals surface area contributed by atoms with E-state index >= 15 is 0 Å². The summed E-state index contributed by atoms with van der Waals surface area (Å²) in [6.07, 6.45) is 1.07. The summed E-state index contributed by atoms with van der Waals surface area (Å²) in [5.41, 5.74) is 0.799. The zero-order chi connectivity index (χ0) is 15.5. The number of urea groups is 1. The van der Waals surface area contributed by atoms with Gasteiger partial charge >= 0.3 is 6.03 Å². The van der Waals surface area contributed by atoms with Crippen molar-refractivity contribution in [3.8, 4) is 5.75 Å². The molecule has 1 atom stereocenters. The number of carbonyl (C=O) groups is 1. The number of nitrogens with one attached hydrogen (secondary N) is 1. The van der Waals surface area contributed by atoms with Crippen LogP contribution in [0.2, 0.25) is 0 Å². The summed E-state index contributed by atoms with van der Waals surface area (Å²) in [5, 5.41) is 3.47. The smallest absolute Gasteiger partial charge is 0.321 e. The van der Waals surface area contributed by atoms with Crippen LogP contribution < -0.4 is 10.1 Å². The molecule has 0 unspecified atom stereocenters. The number of hydrogen-bond donors (Lipinski definition) is 1. The topological polar surface area (TPSA) is 41.6 Å². The van der Waals surface area contributed by atoms with E-state index in [4.69, 9.17) is 4.74 Å². The molecule has 2 amide bonds. The van der Waals surface area contributed by atoms with E-state index in [0.29, 0.717) is 5.25 Å². The van der Waals surface area contributed by atoms with Crippen LogP contribution in [0.1, 0.15) is 27.2 Å². The number of amides is 2. The molecule has 1 N–H and O–H groups in total. The highest BCUT2D eigenvalue weighted by atomic mass is 32.2. The molecule has 1 aromatic rings. The van der Waals surface area contributed by atoms with E-state index in [0.717, 1.165) is 30.9 Å². The number of anilines is 1. The number of benzene rings is 1. The van der Waals surface area contributed by atoms with Crippen LogP contribution in [0.4, 0.5) is 10.5 Å². The number of likely N-dealkylation sites (tertiary alicyclic amines) is 1. The van der Waals surface area contributed by atoms with Crippen molar-refractivity contribution in [2.75, 3.05) is 25.5 Å². The van der Waals surface area contributed by atoms with E-state index in [1.807, 2.05) is 40.9 Å². The van der Waals surface area contributed by atoms with E-state index in [1.54, 1.807) is 7.11 Å². The molecule has 0 spiro atoms. The predicted molar refractivity (Wildman–Crippen MR) is 89.3 cm³/mol. The second-order valence-electron chi connectivity index (χ2n) is 6.25. The van der Waals surface area contributed by atoms with Gasteiger partial charge in [0.2, 0.25) is 0 Å². The summed E-state index contributed by atoms with van der Waals surface area (Å²) in [7, 11) is 1.63. The summed E-state index contributed by atoms with van der Waals surface area (Å²) < 4.78 is 5.35. The maximum absolute atomic E-state index is 12.3. The van der Waals surface area contributed by atoms with Gasteiger partial charge in [-0.25, -0.2) is 4.79 Å². The minimum absolute atomic E-state index is 0.0165. The highest BCUT2D eigenvalue weighted by Crippen LogP contribution is 2.33. The molecule has 0 radical (unpaired) electrons. The molecular formula is C16H24N2O2S. The van der Waals surface area contributed by atoms with E-state index < -0.39 is 0 Å². The maximum atomic E-state index is 12.3. The van der Waals surface area contributed by atoms with Gasteiger partial charge in [-0.3, -0.25) is 0 Å². The Labute approximate surface area is 131 Å². The molecule has 1 aromatic carbocycles. The average molecular weight is 308 g/mol. The quantitative estimate of drug-likeness (QED) is 0.922. The van der Waals surface area contributed by atoms with E-state index in [1.165, 1.54) is 0 Å². The second kappa shape index (κ2) is 6.60. The SMILES string of the molecule is COc1ccc(NC(=O)N2CC[C@H](SC(C)(C)C)C2)cc1. The van der Waals surface area contributed by atoms with Crippen LogP contribution in [0.15, 0.2) is 24.3 Å². The molecule has 1 aliphatic rings. The fraction of sp³-hybridized carbons (Fsp3) is 0.562. The van der Waals surface area contributed by atoms with Crippen LogP contribution in [0.25, 0.3) is 0 Å². The molecule has 1 heterocycles. The molecule has 5 heteroatoms. The van der Waals surface area contributed by atoms with Gasteiger partial charge in [0.25, 0.3) is 0 Å². The summed E-state index contributed by atoms with van der Waals surface area (Å²) in [6.45, 7) is 8.31. The summed E-state index contributed by atoms with van der Waals surface area (Å²) in [5.74, 6) is 0.788. The van der Waals surface area contributed by atoms with E-state index in [2.05, 4.69) is 26.1 Å². The standard InChI is InChI=1S/C16H24N2O2S/c1-16(2,3)21-14-9-10-18(11-14)15(19)17-12-5-7-13(20-4)8-6-12/h5-8,14H,9-11H2,1-4H3,(H,17,19)/t14-/m0/s1. The lowest BCUT2D eigenvalue weighted by Crippen LogP contribution is -2.33. The molecule has 1 aliphatic heterocycles. The van der Waals surface area contributed by atoms with Crippen molar-refractivity contribution < 1.29 is 9.53 Å². The average Bonchev–Trinajstić information content (AvgIpc) is 2.86. The van der Waals surface area contributed by atoms with Gasteiger partial charge in [-0.1, -0.05) is 20.8 Å². The Morgan fingerprint density at radius 1 is 1.33 bits per heavy atom. The van der Waals surface area contributed by atoms with Gasteiger partial charge in [0.1, 0.15) is 5.75 Å². The molecule has 0 aromatic heterocycles.